The number of carbonyl (C=O) groups is 1. The Labute approximate surface area is 141 Å². The zero-order chi connectivity index (χ0) is 16.9. The molecule has 0 aliphatic rings. The maximum absolute atomic E-state index is 12.5. The molecule has 0 saturated heterocycles. The Morgan fingerprint density at radius 3 is 2.57 bits per heavy atom. The fourth-order valence-corrected chi connectivity index (χ4v) is 3.50. The highest BCUT2D eigenvalue weighted by atomic mass is 35.5. The van der Waals surface area contributed by atoms with E-state index < -0.39 is 10.0 Å². The molecule has 0 unspecified atom stereocenters. The van der Waals surface area contributed by atoms with Gasteiger partial charge >= 0.3 is 0 Å². The van der Waals surface area contributed by atoms with E-state index in [4.69, 9.17) is 11.6 Å². The van der Waals surface area contributed by atoms with Gasteiger partial charge in [0, 0.05) is 6.42 Å². The predicted molar refractivity (Wildman–Crippen MR) is 92.5 cm³/mol. The smallest absolute Gasteiger partial charge is 0.261 e. The van der Waals surface area contributed by atoms with Crippen LogP contribution in [0.4, 0.5) is 5.69 Å². The van der Waals surface area contributed by atoms with Crippen LogP contribution < -0.4 is 4.72 Å². The topological polar surface area (TPSA) is 63.2 Å². The third kappa shape index (κ3) is 4.81. The van der Waals surface area contributed by atoms with Crippen molar-refractivity contribution in [3.05, 3.63) is 59.7 Å². The molecule has 0 radical (unpaired) electrons. The molecular formula is C17H18ClNO3S. The van der Waals surface area contributed by atoms with Gasteiger partial charge in [-0.15, -0.1) is 11.6 Å². The third-order valence-corrected chi connectivity index (χ3v) is 5.05. The van der Waals surface area contributed by atoms with E-state index in [1.807, 2.05) is 19.1 Å². The number of ketones is 1. The van der Waals surface area contributed by atoms with E-state index in [1.165, 1.54) is 0 Å². The average molecular weight is 352 g/mol. The zero-order valence-corrected chi connectivity index (χ0v) is 14.3. The molecule has 4 nitrogen and oxygen atoms in total. The van der Waals surface area contributed by atoms with Gasteiger partial charge in [-0.3, -0.25) is 9.52 Å². The molecule has 0 aliphatic carbocycles. The molecule has 6 heteroatoms. The summed E-state index contributed by atoms with van der Waals surface area (Å²) in [7, 11) is -3.66. The van der Waals surface area contributed by atoms with Crippen molar-refractivity contribution >= 4 is 33.1 Å². The molecule has 0 aromatic heterocycles. The van der Waals surface area contributed by atoms with E-state index in [1.54, 1.807) is 36.4 Å². The van der Waals surface area contributed by atoms with Crippen LogP contribution >= 0.6 is 11.6 Å². The fraction of sp³-hybridized carbons (Fsp3) is 0.235. The van der Waals surface area contributed by atoms with Gasteiger partial charge in [-0.2, -0.15) is 0 Å². The molecular weight excluding hydrogens is 334 g/mol. The molecule has 23 heavy (non-hydrogen) atoms. The number of halogens is 1. The first kappa shape index (κ1) is 17.5. The number of nitrogens with one attached hydrogen (secondary N) is 1. The van der Waals surface area contributed by atoms with E-state index >= 15 is 0 Å². The molecule has 0 saturated carbocycles. The number of anilines is 1. The van der Waals surface area contributed by atoms with Gasteiger partial charge < -0.3 is 0 Å². The summed E-state index contributed by atoms with van der Waals surface area (Å²) in [6.07, 6.45) is 0.727. The number of hydrogen-bond donors (Lipinski definition) is 1. The van der Waals surface area contributed by atoms with Crippen LogP contribution in [0.15, 0.2) is 53.4 Å². The first-order valence-corrected chi connectivity index (χ1v) is 9.19. The Bertz CT molecular complexity index is 803. The van der Waals surface area contributed by atoms with Gasteiger partial charge in [-0.05, 0) is 42.7 Å². The summed E-state index contributed by atoms with van der Waals surface area (Å²) in [4.78, 5) is 11.6. The summed E-state index contributed by atoms with van der Waals surface area (Å²) in [5, 5.41) is 0. The van der Waals surface area contributed by atoms with E-state index in [2.05, 4.69) is 4.72 Å². The lowest BCUT2D eigenvalue weighted by Crippen LogP contribution is -2.14. The van der Waals surface area contributed by atoms with Gasteiger partial charge in [0.1, 0.15) is 5.78 Å². The summed E-state index contributed by atoms with van der Waals surface area (Å²) < 4.78 is 27.6. The summed E-state index contributed by atoms with van der Waals surface area (Å²) >= 11 is 5.50. The highest BCUT2D eigenvalue weighted by Gasteiger charge is 2.16. The van der Waals surface area contributed by atoms with E-state index in [9.17, 15) is 13.2 Å². The number of benzene rings is 2. The molecule has 0 atom stereocenters. The molecule has 2 aromatic rings. The second-order valence-corrected chi connectivity index (χ2v) is 7.20. The number of rotatable bonds is 7. The highest BCUT2D eigenvalue weighted by Crippen LogP contribution is 2.22. The van der Waals surface area contributed by atoms with Crippen LogP contribution in [0, 0.1) is 6.92 Å². The Morgan fingerprint density at radius 2 is 1.87 bits per heavy atom. The van der Waals surface area contributed by atoms with Crippen LogP contribution in [0.1, 0.15) is 17.5 Å². The SMILES string of the molecule is Cc1cccc(S(=O)(=O)Nc2ccccc2CCC(=O)CCl)c1. The van der Waals surface area contributed by atoms with Crippen molar-refractivity contribution in [2.24, 2.45) is 0 Å². The average Bonchev–Trinajstić information content (AvgIpc) is 2.53. The number of Topliss-reactive ketones (excluding diaryl/α,β-unsaturated/α-hetero) is 1. The minimum absolute atomic E-state index is 0.0306. The van der Waals surface area contributed by atoms with Crippen molar-refractivity contribution < 1.29 is 13.2 Å². The maximum atomic E-state index is 12.5. The lowest BCUT2D eigenvalue weighted by molar-refractivity contribution is -0.116. The van der Waals surface area contributed by atoms with Crippen LogP contribution in [-0.4, -0.2) is 20.1 Å². The standard InChI is InChI=1S/C17H18ClNO3S/c1-13-5-4-7-16(11-13)23(21,22)19-17-8-3-2-6-14(17)9-10-15(20)12-18/h2-8,11,19H,9-10,12H2,1H3. The summed E-state index contributed by atoms with van der Waals surface area (Å²) in [6, 6.07) is 13.8. The Hall–Kier alpha value is -1.85. The largest absolute Gasteiger partial charge is 0.298 e. The Kier molecular flexibility index (Phi) is 5.80. The molecule has 0 bridgehead atoms. The van der Waals surface area contributed by atoms with Crippen molar-refractivity contribution in [2.45, 2.75) is 24.7 Å². The summed E-state index contributed by atoms with van der Waals surface area (Å²) in [6.45, 7) is 1.84. The minimum Gasteiger partial charge on any atom is -0.298 e. The second-order valence-electron chi connectivity index (χ2n) is 5.25. The number of para-hydroxylation sites is 1. The predicted octanol–water partition coefficient (Wildman–Crippen LogP) is 3.54. The molecule has 2 rings (SSSR count). The van der Waals surface area contributed by atoms with E-state index in [-0.39, 0.29) is 23.0 Å². The van der Waals surface area contributed by atoms with Crippen LogP contribution in [0.5, 0.6) is 0 Å². The van der Waals surface area contributed by atoms with Crippen molar-refractivity contribution in [3.8, 4) is 0 Å². The van der Waals surface area contributed by atoms with Crippen LogP contribution in [0.2, 0.25) is 0 Å². The lowest BCUT2D eigenvalue weighted by Gasteiger charge is -2.12. The molecule has 0 aliphatic heterocycles. The monoisotopic (exact) mass is 351 g/mol. The fourth-order valence-electron chi connectivity index (χ4n) is 2.16. The van der Waals surface area contributed by atoms with Crippen molar-refractivity contribution in [2.75, 3.05) is 10.6 Å². The van der Waals surface area contributed by atoms with E-state index in [0.717, 1.165) is 11.1 Å². The van der Waals surface area contributed by atoms with Crippen LogP contribution in [0.3, 0.4) is 0 Å². The van der Waals surface area contributed by atoms with Crippen LogP contribution in [-0.2, 0) is 21.2 Å². The van der Waals surface area contributed by atoms with Crippen molar-refractivity contribution in [1.29, 1.82) is 0 Å². The molecule has 0 spiro atoms. The highest BCUT2D eigenvalue weighted by molar-refractivity contribution is 7.92. The normalized spacial score (nSPS) is 11.2. The molecule has 2 aromatic carbocycles. The van der Waals surface area contributed by atoms with Crippen LogP contribution in [0.25, 0.3) is 0 Å². The minimum atomic E-state index is -3.66. The molecule has 0 amide bonds. The van der Waals surface area contributed by atoms with Gasteiger partial charge in [-0.25, -0.2) is 8.42 Å². The lowest BCUT2D eigenvalue weighted by atomic mass is 10.1. The van der Waals surface area contributed by atoms with Gasteiger partial charge in [0.2, 0.25) is 0 Å². The summed E-state index contributed by atoms with van der Waals surface area (Å²) in [5.74, 6) is -0.0972. The zero-order valence-electron chi connectivity index (χ0n) is 12.8. The van der Waals surface area contributed by atoms with E-state index in [0.29, 0.717) is 12.1 Å². The van der Waals surface area contributed by atoms with Gasteiger partial charge in [0.15, 0.2) is 0 Å². The number of sulfonamides is 1. The number of hydrogen-bond acceptors (Lipinski definition) is 3. The first-order valence-electron chi connectivity index (χ1n) is 7.17. The second kappa shape index (κ2) is 7.62. The Morgan fingerprint density at radius 1 is 1.13 bits per heavy atom. The first-order chi connectivity index (χ1) is 10.9. The molecule has 0 heterocycles. The van der Waals surface area contributed by atoms with Crippen molar-refractivity contribution in [1.82, 2.24) is 0 Å². The molecule has 0 fully saturated rings. The van der Waals surface area contributed by atoms with Gasteiger partial charge in [0.05, 0.1) is 16.5 Å². The number of alkyl halides is 1. The maximum Gasteiger partial charge on any atom is 0.261 e. The molecule has 122 valence electrons. The quantitative estimate of drug-likeness (QED) is 0.776. The summed E-state index contributed by atoms with van der Waals surface area (Å²) in [5.41, 5.74) is 2.12. The third-order valence-electron chi connectivity index (χ3n) is 3.38. The van der Waals surface area contributed by atoms with Gasteiger partial charge in [-0.1, -0.05) is 30.3 Å². The van der Waals surface area contributed by atoms with Crippen molar-refractivity contribution in [3.63, 3.8) is 0 Å². The number of carbonyl (C=O) groups excluding carboxylic acids is 1. The molecule has 1 N–H and O–H groups in total. The Balaban J connectivity index is 2.24. The van der Waals surface area contributed by atoms with Gasteiger partial charge in [0.25, 0.3) is 10.0 Å². The number of aryl methyl sites for hydroxylation is 2.